The normalized spacial score (nSPS) is 10.6. The van der Waals surface area contributed by atoms with E-state index in [1.54, 1.807) is 6.20 Å². The second-order valence-corrected chi connectivity index (χ2v) is 4.97. The number of aliphatic carboxylic acids is 1. The van der Waals surface area contributed by atoms with E-state index >= 15 is 0 Å². The van der Waals surface area contributed by atoms with Crippen LogP contribution in [0.15, 0.2) is 35.7 Å². The number of rotatable bonds is 4. The molecule has 0 bridgehead atoms. The van der Waals surface area contributed by atoms with Crippen LogP contribution in [0.5, 0.6) is 0 Å². The van der Waals surface area contributed by atoms with Gasteiger partial charge in [-0.2, -0.15) is 0 Å². The van der Waals surface area contributed by atoms with Crippen molar-refractivity contribution in [2.75, 3.05) is 5.75 Å². The Hall–Kier alpha value is -1.75. The van der Waals surface area contributed by atoms with Gasteiger partial charge in [0.15, 0.2) is 5.16 Å². The number of carbonyl (C=O) groups is 1. The number of hydrogen-bond acceptors (Lipinski definition) is 4. The van der Waals surface area contributed by atoms with Crippen LogP contribution < -0.4 is 5.11 Å². The Kier molecular flexibility index (Phi) is 3.72. The molecule has 0 saturated heterocycles. The fourth-order valence-corrected chi connectivity index (χ4v) is 2.36. The molecule has 5 heteroatoms. The van der Waals surface area contributed by atoms with Crippen LogP contribution in [-0.2, 0) is 4.79 Å². The maximum Gasteiger partial charge on any atom is 0.172 e. The summed E-state index contributed by atoms with van der Waals surface area (Å²) in [5, 5.41) is 11.2. The van der Waals surface area contributed by atoms with Crippen LogP contribution in [-0.4, -0.2) is 21.3 Å². The van der Waals surface area contributed by atoms with Gasteiger partial charge in [-0.05, 0) is 31.0 Å². The van der Waals surface area contributed by atoms with Gasteiger partial charge in [0.25, 0.3) is 0 Å². The fraction of sp³-hybridized carbons (Fsp3) is 0.231. The van der Waals surface area contributed by atoms with E-state index in [4.69, 9.17) is 0 Å². The summed E-state index contributed by atoms with van der Waals surface area (Å²) in [6.07, 6.45) is 3.50. The van der Waals surface area contributed by atoms with Gasteiger partial charge in [-0.3, -0.25) is 4.57 Å². The maximum atomic E-state index is 10.5. The minimum absolute atomic E-state index is 0.0954. The molecule has 0 fully saturated rings. The Bertz CT molecular complexity index is 578. The molecule has 4 nitrogen and oxygen atoms in total. The summed E-state index contributed by atoms with van der Waals surface area (Å²) in [6.45, 7) is 4.04. The van der Waals surface area contributed by atoms with Crippen LogP contribution >= 0.6 is 11.8 Å². The van der Waals surface area contributed by atoms with Gasteiger partial charge in [-0.25, -0.2) is 4.98 Å². The van der Waals surface area contributed by atoms with E-state index < -0.39 is 5.97 Å². The van der Waals surface area contributed by atoms with Gasteiger partial charge in [0, 0.05) is 18.1 Å². The van der Waals surface area contributed by atoms with E-state index in [0.29, 0.717) is 5.16 Å². The molecule has 2 rings (SSSR count). The maximum absolute atomic E-state index is 10.5. The summed E-state index contributed by atoms with van der Waals surface area (Å²) in [5.74, 6) is -1.18. The quantitative estimate of drug-likeness (QED) is 0.779. The van der Waals surface area contributed by atoms with E-state index in [1.807, 2.05) is 36.7 Å². The van der Waals surface area contributed by atoms with E-state index in [0.717, 1.165) is 28.6 Å². The molecular formula is C13H13N2O2S-. The van der Waals surface area contributed by atoms with Crippen molar-refractivity contribution < 1.29 is 9.90 Å². The minimum atomic E-state index is -1.09. The molecule has 18 heavy (non-hydrogen) atoms. The third-order valence-corrected chi connectivity index (χ3v) is 3.49. The number of hydrogen-bond donors (Lipinski definition) is 0. The number of carboxylic acid groups (broad SMARTS) is 1. The molecule has 0 N–H and O–H groups in total. The molecule has 1 aromatic carbocycles. The number of aromatic nitrogens is 2. The lowest BCUT2D eigenvalue weighted by atomic mass is 10.1. The number of imidazole rings is 1. The van der Waals surface area contributed by atoms with Crippen molar-refractivity contribution in [2.45, 2.75) is 19.0 Å². The molecular weight excluding hydrogens is 248 g/mol. The van der Waals surface area contributed by atoms with Crippen LogP contribution in [0.2, 0.25) is 0 Å². The topological polar surface area (TPSA) is 58.0 Å². The van der Waals surface area contributed by atoms with Gasteiger partial charge >= 0.3 is 0 Å². The molecule has 0 amide bonds. The molecule has 0 radical (unpaired) electrons. The summed E-state index contributed by atoms with van der Waals surface area (Å²) >= 11 is 1.16. The van der Waals surface area contributed by atoms with Crippen molar-refractivity contribution in [1.82, 2.24) is 9.55 Å². The summed E-state index contributed by atoms with van der Waals surface area (Å²) in [6, 6.07) is 6.14. The van der Waals surface area contributed by atoms with Crippen LogP contribution in [0.3, 0.4) is 0 Å². The van der Waals surface area contributed by atoms with Gasteiger partial charge in [0.1, 0.15) is 0 Å². The molecule has 94 valence electrons. The van der Waals surface area contributed by atoms with Crippen LogP contribution in [0.25, 0.3) is 5.69 Å². The summed E-state index contributed by atoms with van der Waals surface area (Å²) in [7, 11) is 0. The first-order valence-corrected chi connectivity index (χ1v) is 6.50. The summed E-state index contributed by atoms with van der Waals surface area (Å²) in [4.78, 5) is 14.7. The van der Waals surface area contributed by atoms with Gasteiger partial charge < -0.3 is 9.90 Å². The molecule has 0 aliphatic heterocycles. The Labute approximate surface area is 110 Å². The second-order valence-electron chi connectivity index (χ2n) is 4.03. The monoisotopic (exact) mass is 261 g/mol. The zero-order chi connectivity index (χ0) is 13.1. The lowest BCUT2D eigenvalue weighted by Crippen LogP contribution is -2.24. The largest absolute Gasteiger partial charge is 0.549 e. The van der Waals surface area contributed by atoms with E-state index in [-0.39, 0.29) is 5.75 Å². The highest BCUT2D eigenvalue weighted by Crippen LogP contribution is 2.23. The zero-order valence-corrected chi connectivity index (χ0v) is 11.0. The molecule has 0 spiro atoms. The highest BCUT2D eigenvalue weighted by molar-refractivity contribution is 7.99. The van der Waals surface area contributed by atoms with Crippen molar-refractivity contribution in [3.63, 3.8) is 0 Å². The minimum Gasteiger partial charge on any atom is -0.549 e. The van der Waals surface area contributed by atoms with Crippen LogP contribution in [0.1, 0.15) is 11.1 Å². The Balaban J connectivity index is 2.36. The van der Waals surface area contributed by atoms with Crippen molar-refractivity contribution in [2.24, 2.45) is 0 Å². The van der Waals surface area contributed by atoms with Crippen molar-refractivity contribution in [3.8, 4) is 5.69 Å². The van der Waals surface area contributed by atoms with Crippen LogP contribution in [0.4, 0.5) is 0 Å². The molecule has 0 atom stereocenters. The predicted molar refractivity (Wildman–Crippen MR) is 68.8 cm³/mol. The predicted octanol–water partition coefficient (Wildman–Crippen LogP) is 1.33. The Morgan fingerprint density at radius 3 is 2.94 bits per heavy atom. The van der Waals surface area contributed by atoms with Gasteiger partial charge in [-0.1, -0.05) is 23.9 Å². The molecule has 0 aliphatic carbocycles. The smallest absolute Gasteiger partial charge is 0.172 e. The standard InChI is InChI=1S/C13H14N2O2S/c1-9-3-4-10(2)11(7-9)15-6-5-14-13(15)18-8-12(16)17/h3-7H,8H2,1-2H3,(H,16,17)/p-1. The molecule has 0 saturated carbocycles. The Morgan fingerprint density at radius 1 is 1.44 bits per heavy atom. The summed E-state index contributed by atoms with van der Waals surface area (Å²) in [5.41, 5.74) is 3.29. The molecule has 0 aliphatic rings. The van der Waals surface area contributed by atoms with Crippen molar-refractivity contribution in [3.05, 3.63) is 41.7 Å². The third kappa shape index (κ3) is 2.73. The first kappa shape index (κ1) is 12.7. The number of aryl methyl sites for hydroxylation is 2. The molecule has 2 aromatic rings. The van der Waals surface area contributed by atoms with E-state index in [1.165, 1.54) is 0 Å². The molecule has 1 heterocycles. The first-order chi connectivity index (χ1) is 8.58. The fourth-order valence-electron chi connectivity index (χ4n) is 1.68. The average Bonchev–Trinajstić information content (AvgIpc) is 2.77. The highest BCUT2D eigenvalue weighted by Gasteiger charge is 2.08. The highest BCUT2D eigenvalue weighted by atomic mass is 32.2. The van der Waals surface area contributed by atoms with Gasteiger partial charge in [-0.15, -0.1) is 0 Å². The van der Waals surface area contributed by atoms with Gasteiger partial charge in [0.2, 0.25) is 0 Å². The van der Waals surface area contributed by atoms with Gasteiger partial charge in [0.05, 0.1) is 11.7 Å². The number of carboxylic acids is 1. The number of nitrogens with zero attached hydrogens (tertiary/aromatic N) is 2. The van der Waals surface area contributed by atoms with Crippen molar-refractivity contribution >= 4 is 17.7 Å². The Morgan fingerprint density at radius 2 is 2.22 bits per heavy atom. The average molecular weight is 261 g/mol. The van der Waals surface area contributed by atoms with Crippen LogP contribution in [0, 0.1) is 13.8 Å². The first-order valence-electron chi connectivity index (χ1n) is 5.51. The van der Waals surface area contributed by atoms with E-state index in [2.05, 4.69) is 11.1 Å². The summed E-state index contributed by atoms with van der Waals surface area (Å²) < 4.78 is 1.90. The lowest BCUT2D eigenvalue weighted by molar-refractivity contribution is -0.301. The number of carbonyl (C=O) groups excluding carboxylic acids is 1. The zero-order valence-electron chi connectivity index (χ0n) is 10.2. The SMILES string of the molecule is Cc1ccc(C)c(-n2ccnc2SCC(=O)[O-])c1. The lowest BCUT2D eigenvalue weighted by Gasteiger charge is -2.11. The molecule has 1 aromatic heterocycles. The number of thioether (sulfide) groups is 1. The third-order valence-electron chi connectivity index (χ3n) is 2.55. The number of benzene rings is 1. The van der Waals surface area contributed by atoms with E-state index in [9.17, 15) is 9.90 Å². The molecule has 0 unspecified atom stereocenters. The second kappa shape index (κ2) is 5.27. The van der Waals surface area contributed by atoms with Crippen molar-refractivity contribution in [1.29, 1.82) is 0 Å².